The second kappa shape index (κ2) is 8.79. The molecule has 0 bridgehead atoms. The van der Waals surface area contributed by atoms with Gasteiger partial charge in [-0.25, -0.2) is 0 Å². The van der Waals surface area contributed by atoms with Gasteiger partial charge in [-0.05, 0) is 38.1 Å². The van der Waals surface area contributed by atoms with E-state index in [0.717, 1.165) is 0 Å². The molecule has 132 valence electrons. The standard InChI is InChI=1S/C18H22N4O3/c1-4-11-25-14(3)18(24)21-16-8-5-7-15(12-16)20-17(23)13(2)22-10-6-9-19-22/h4-10,12-14H,1,11H2,2-3H3,(H,20,23)(H,21,24)/t13-,14-/m1/s1. The number of hydrogen-bond donors (Lipinski definition) is 2. The second-order valence-corrected chi connectivity index (χ2v) is 5.49. The van der Waals surface area contributed by atoms with E-state index in [1.807, 2.05) is 0 Å². The summed E-state index contributed by atoms with van der Waals surface area (Å²) in [6.45, 7) is 7.27. The summed E-state index contributed by atoms with van der Waals surface area (Å²) in [5, 5.41) is 9.62. The molecular formula is C18H22N4O3. The fraction of sp³-hybridized carbons (Fsp3) is 0.278. The predicted molar refractivity (Wildman–Crippen MR) is 96.3 cm³/mol. The Labute approximate surface area is 146 Å². The van der Waals surface area contributed by atoms with Crippen LogP contribution < -0.4 is 10.6 Å². The summed E-state index contributed by atoms with van der Waals surface area (Å²) in [5.41, 5.74) is 1.16. The number of anilines is 2. The number of nitrogens with zero attached hydrogens (tertiary/aromatic N) is 2. The highest BCUT2D eigenvalue weighted by atomic mass is 16.5. The van der Waals surface area contributed by atoms with Crippen LogP contribution in [0.1, 0.15) is 19.9 Å². The summed E-state index contributed by atoms with van der Waals surface area (Å²) in [6.07, 6.45) is 4.33. The smallest absolute Gasteiger partial charge is 0.253 e. The van der Waals surface area contributed by atoms with Crippen LogP contribution in [0, 0.1) is 0 Å². The van der Waals surface area contributed by atoms with E-state index in [1.165, 1.54) is 0 Å². The maximum Gasteiger partial charge on any atom is 0.253 e. The van der Waals surface area contributed by atoms with Crippen LogP contribution in [0.25, 0.3) is 0 Å². The van der Waals surface area contributed by atoms with E-state index in [0.29, 0.717) is 18.0 Å². The van der Waals surface area contributed by atoms with Gasteiger partial charge in [0.15, 0.2) is 0 Å². The molecule has 2 atom stereocenters. The zero-order chi connectivity index (χ0) is 18.2. The molecule has 7 nitrogen and oxygen atoms in total. The highest BCUT2D eigenvalue weighted by Gasteiger charge is 2.16. The first-order valence-corrected chi connectivity index (χ1v) is 7.94. The summed E-state index contributed by atoms with van der Waals surface area (Å²) in [7, 11) is 0. The van der Waals surface area contributed by atoms with E-state index in [9.17, 15) is 9.59 Å². The van der Waals surface area contributed by atoms with Gasteiger partial charge in [-0.3, -0.25) is 14.3 Å². The van der Waals surface area contributed by atoms with Gasteiger partial charge in [-0.15, -0.1) is 6.58 Å². The van der Waals surface area contributed by atoms with Crippen molar-refractivity contribution in [1.29, 1.82) is 0 Å². The number of hydrogen-bond acceptors (Lipinski definition) is 4. The first-order valence-electron chi connectivity index (χ1n) is 7.94. The minimum atomic E-state index is -0.601. The zero-order valence-corrected chi connectivity index (χ0v) is 14.3. The van der Waals surface area contributed by atoms with Crippen molar-refractivity contribution < 1.29 is 14.3 Å². The van der Waals surface area contributed by atoms with Gasteiger partial charge in [0.05, 0.1) is 6.61 Å². The largest absolute Gasteiger partial charge is 0.365 e. The molecule has 1 heterocycles. The number of amides is 2. The van der Waals surface area contributed by atoms with Gasteiger partial charge < -0.3 is 15.4 Å². The summed E-state index contributed by atoms with van der Waals surface area (Å²) in [6, 6.07) is 8.24. The van der Waals surface area contributed by atoms with Crippen molar-refractivity contribution in [2.24, 2.45) is 0 Å². The molecule has 2 amide bonds. The fourth-order valence-electron chi connectivity index (χ4n) is 2.08. The summed E-state index contributed by atoms with van der Waals surface area (Å²) < 4.78 is 6.85. The van der Waals surface area contributed by atoms with E-state index in [-0.39, 0.29) is 11.8 Å². The molecule has 2 aromatic rings. The Morgan fingerprint density at radius 1 is 1.24 bits per heavy atom. The molecule has 2 N–H and O–H groups in total. The number of nitrogens with one attached hydrogen (secondary N) is 2. The highest BCUT2D eigenvalue weighted by Crippen LogP contribution is 2.17. The van der Waals surface area contributed by atoms with Crippen LogP contribution in [0.15, 0.2) is 55.4 Å². The van der Waals surface area contributed by atoms with E-state index in [4.69, 9.17) is 4.74 Å². The SMILES string of the molecule is C=CCO[C@H](C)C(=O)Nc1cccc(NC(=O)[C@@H](C)n2cccn2)c1. The van der Waals surface area contributed by atoms with Gasteiger partial charge in [0.25, 0.3) is 5.91 Å². The Morgan fingerprint density at radius 3 is 2.52 bits per heavy atom. The summed E-state index contributed by atoms with van der Waals surface area (Å²) >= 11 is 0. The van der Waals surface area contributed by atoms with E-state index in [2.05, 4.69) is 22.3 Å². The zero-order valence-electron chi connectivity index (χ0n) is 14.3. The molecule has 0 aliphatic carbocycles. The summed E-state index contributed by atoms with van der Waals surface area (Å²) in [4.78, 5) is 24.3. The fourth-order valence-corrected chi connectivity index (χ4v) is 2.08. The lowest BCUT2D eigenvalue weighted by Gasteiger charge is -2.15. The third-order valence-electron chi connectivity index (χ3n) is 3.53. The van der Waals surface area contributed by atoms with Crippen LogP contribution in [0.5, 0.6) is 0 Å². The molecule has 0 radical (unpaired) electrons. The molecular weight excluding hydrogens is 320 g/mol. The van der Waals surface area contributed by atoms with Gasteiger partial charge in [-0.1, -0.05) is 12.1 Å². The number of ether oxygens (including phenoxy) is 1. The average Bonchev–Trinajstić information content (AvgIpc) is 3.13. The topological polar surface area (TPSA) is 85.3 Å². The van der Waals surface area contributed by atoms with Crippen molar-refractivity contribution in [3.63, 3.8) is 0 Å². The minimum absolute atomic E-state index is 0.199. The Kier molecular flexibility index (Phi) is 6.47. The van der Waals surface area contributed by atoms with Crippen molar-refractivity contribution in [3.8, 4) is 0 Å². The van der Waals surface area contributed by atoms with Crippen LogP contribution in [0.3, 0.4) is 0 Å². The lowest BCUT2D eigenvalue weighted by Crippen LogP contribution is -2.28. The number of benzene rings is 1. The first kappa shape index (κ1) is 18.4. The number of aromatic nitrogens is 2. The van der Waals surface area contributed by atoms with E-state index < -0.39 is 12.1 Å². The molecule has 0 aliphatic rings. The summed E-state index contributed by atoms with van der Waals surface area (Å²) in [5.74, 6) is -0.468. The van der Waals surface area contributed by atoms with Crippen molar-refractivity contribution >= 4 is 23.2 Å². The van der Waals surface area contributed by atoms with Crippen LogP contribution in [-0.2, 0) is 14.3 Å². The molecule has 0 saturated heterocycles. The third-order valence-corrected chi connectivity index (χ3v) is 3.53. The van der Waals surface area contributed by atoms with Gasteiger partial charge in [-0.2, -0.15) is 5.10 Å². The van der Waals surface area contributed by atoms with Gasteiger partial charge in [0.2, 0.25) is 5.91 Å². The maximum atomic E-state index is 12.3. The van der Waals surface area contributed by atoms with E-state index >= 15 is 0 Å². The van der Waals surface area contributed by atoms with Crippen molar-refractivity contribution in [2.75, 3.05) is 17.2 Å². The van der Waals surface area contributed by atoms with E-state index in [1.54, 1.807) is 67.3 Å². The van der Waals surface area contributed by atoms with Crippen molar-refractivity contribution in [1.82, 2.24) is 9.78 Å². The van der Waals surface area contributed by atoms with Crippen LogP contribution >= 0.6 is 0 Å². The van der Waals surface area contributed by atoms with Crippen molar-refractivity contribution in [2.45, 2.75) is 26.0 Å². The quantitative estimate of drug-likeness (QED) is 0.722. The molecule has 0 unspecified atom stereocenters. The molecule has 25 heavy (non-hydrogen) atoms. The minimum Gasteiger partial charge on any atom is -0.365 e. The molecule has 7 heteroatoms. The maximum absolute atomic E-state index is 12.3. The molecule has 0 fully saturated rings. The molecule has 0 saturated carbocycles. The highest BCUT2D eigenvalue weighted by molar-refractivity contribution is 5.96. The van der Waals surface area contributed by atoms with Crippen molar-refractivity contribution in [3.05, 3.63) is 55.4 Å². The third kappa shape index (κ3) is 5.29. The number of carbonyl (C=O) groups excluding carboxylic acids is 2. The Hall–Kier alpha value is -2.93. The average molecular weight is 342 g/mol. The lowest BCUT2D eigenvalue weighted by atomic mass is 10.2. The molecule has 0 spiro atoms. The monoisotopic (exact) mass is 342 g/mol. The first-order chi connectivity index (χ1) is 12.0. The van der Waals surface area contributed by atoms with Gasteiger partial charge in [0.1, 0.15) is 12.1 Å². The van der Waals surface area contributed by atoms with Gasteiger partial charge in [0, 0.05) is 23.8 Å². The number of carbonyl (C=O) groups is 2. The molecule has 1 aromatic carbocycles. The molecule has 0 aliphatic heterocycles. The Bertz CT molecular complexity index is 728. The predicted octanol–water partition coefficient (Wildman–Crippen LogP) is 2.61. The van der Waals surface area contributed by atoms with Crippen LogP contribution in [-0.4, -0.2) is 34.3 Å². The second-order valence-electron chi connectivity index (χ2n) is 5.49. The van der Waals surface area contributed by atoms with Crippen LogP contribution in [0.2, 0.25) is 0 Å². The Morgan fingerprint density at radius 2 is 1.92 bits per heavy atom. The number of rotatable bonds is 8. The van der Waals surface area contributed by atoms with Crippen LogP contribution in [0.4, 0.5) is 11.4 Å². The van der Waals surface area contributed by atoms with Gasteiger partial charge >= 0.3 is 0 Å². The Balaban J connectivity index is 1.97. The molecule has 1 aromatic heterocycles. The molecule has 2 rings (SSSR count). The lowest BCUT2D eigenvalue weighted by molar-refractivity contribution is -0.125. The normalized spacial score (nSPS) is 12.9.